The Labute approximate surface area is 98.4 Å². The second-order valence-corrected chi connectivity index (χ2v) is 4.08. The second kappa shape index (κ2) is 9.19. The smallest absolute Gasteiger partial charge is 0.231 e. The van der Waals surface area contributed by atoms with Gasteiger partial charge in [0.15, 0.2) is 0 Å². The third-order valence-corrected chi connectivity index (χ3v) is 2.61. The van der Waals surface area contributed by atoms with Crippen LogP contribution in [-0.2, 0) is 9.59 Å². The molecule has 0 radical (unpaired) electrons. The maximum Gasteiger partial charge on any atom is 0.231 e. The quantitative estimate of drug-likeness (QED) is 0.506. The maximum atomic E-state index is 11.5. The van der Waals surface area contributed by atoms with Gasteiger partial charge in [0.1, 0.15) is 6.42 Å². The Morgan fingerprint density at radius 2 is 1.75 bits per heavy atom. The summed E-state index contributed by atoms with van der Waals surface area (Å²) in [6.07, 6.45) is 5.86. The zero-order chi connectivity index (χ0) is 12.4. The first-order valence-corrected chi connectivity index (χ1v) is 6.06. The van der Waals surface area contributed by atoms with Crippen molar-refractivity contribution in [1.29, 1.82) is 0 Å². The number of nitrogens with one attached hydrogen (secondary N) is 1. The summed E-state index contributed by atoms with van der Waals surface area (Å²) in [5.41, 5.74) is 0. The Morgan fingerprint density at radius 1 is 1.12 bits per heavy atom. The number of unbranched alkanes of at least 4 members (excludes halogenated alkanes) is 4. The van der Waals surface area contributed by atoms with Crippen LogP contribution in [0.25, 0.3) is 0 Å². The van der Waals surface area contributed by atoms with E-state index in [1.54, 1.807) is 19.0 Å². The molecule has 0 fully saturated rings. The zero-order valence-electron chi connectivity index (χ0n) is 10.7. The highest BCUT2D eigenvalue weighted by atomic mass is 16.2. The first kappa shape index (κ1) is 14.9. The fourth-order valence-corrected chi connectivity index (χ4v) is 1.44. The lowest BCUT2D eigenvalue weighted by Gasteiger charge is -2.16. The van der Waals surface area contributed by atoms with Crippen molar-refractivity contribution in [2.45, 2.75) is 45.4 Å². The molecule has 0 bridgehead atoms. The summed E-state index contributed by atoms with van der Waals surface area (Å²) >= 11 is 0. The first-order chi connectivity index (χ1) is 7.61. The van der Waals surface area contributed by atoms with Crippen molar-refractivity contribution < 1.29 is 9.59 Å². The lowest BCUT2D eigenvalue weighted by atomic mass is 10.1. The van der Waals surface area contributed by atoms with Gasteiger partial charge in [0.2, 0.25) is 11.8 Å². The molecule has 4 heteroatoms. The second-order valence-electron chi connectivity index (χ2n) is 4.08. The highest BCUT2D eigenvalue weighted by molar-refractivity contribution is 5.96. The molecule has 0 saturated heterocycles. The van der Waals surface area contributed by atoms with E-state index in [4.69, 9.17) is 0 Å². The van der Waals surface area contributed by atoms with Crippen LogP contribution in [0.2, 0.25) is 0 Å². The third-order valence-electron chi connectivity index (χ3n) is 2.61. The average molecular weight is 228 g/mol. The van der Waals surface area contributed by atoms with Crippen LogP contribution in [-0.4, -0.2) is 37.4 Å². The van der Waals surface area contributed by atoms with Gasteiger partial charge in [0.25, 0.3) is 0 Å². The summed E-state index contributed by atoms with van der Waals surface area (Å²) in [6, 6.07) is 0. The highest BCUT2D eigenvalue weighted by Crippen LogP contribution is 2.03. The Balaban J connectivity index is 3.59. The standard InChI is InChI=1S/C12H24N2O2/c1-4-5-6-7-8-9-14(3)12(16)10-11(15)13-2/h4-10H2,1-3H3,(H,13,15). The number of hydrogen-bond acceptors (Lipinski definition) is 2. The number of hydrogen-bond donors (Lipinski definition) is 1. The molecule has 0 unspecified atom stereocenters. The van der Waals surface area contributed by atoms with Crippen molar-refractivity contribution in [3.8, 4) is 0 Å². The van der Waals surface area contributed by atoms with E-state index in [1.807, 2.05) is 0 Å². The minimum atomic E-state index is -0.220. The molecule has 0 aliphatic rings. The molecule has 4 nitrogen and oxygen atoms in total. The van der Waals surface area contributed by atoms with E-state index in [1.165, 1.54) is 19.3 Å². The van der Waals surface area contributed by atoms with Gasteiger partial charge >= 0.3 is 0 Å². The van der Waals surface area contributed by atoms with Gasteiger partial charge in [-0.2, -0.15) is 0 Å². The molecule has 0 aliphatic heterocycles. The molecule has 94 valence electrons. The van der Waals surface area contributed by atoms with Crippen LogP contribution >= 0.6 is 0 Å². The van der Waals surface area contributed by atoms with Crippen LogP contribution in [0.1, 0.15) is 45.4 Å². The van der Waals surface area contributed by atoms with E-state index in [0.29, 0.717) is 0 Å². The molecule has 0 aromatic carbocycles. The van der Waals surface area contributed by atoms with Crippen LogP contribution in [0.3, 0.4) is 0 Å². The number of carbonyl (C=O) groups is 2. The topological polar surface area (TPSA) is 49.4 Å². The normalized spacial score (nSPS) is 9.94. The summed E-state index contributed by atoms with van der Waals surface area (Å²) < 4.78 is 0. The Bertz CT molecular complexity index is 217. The van der Waals surface area contributed by atoms with Crippen LogP contribution in [0.4, 0.5) is 0 Å². The molecule has 0 heterocycles. The molecule has 0 atom stereocenters. The van der Waals surface area contributed by atoms with Gasteiger partial charge < -0.3 is 10.2 Å². The minimum Gasteiger partial charge on any atom is -0.359 e. The van der Waals surface area contributed by atoms with E-state index in [0.717, 1.165) is 19.4 Å². The SMILES string of the molecule is CCCCCCCN(C)C(=O)CC(=O)NC. The van der Waals surface area contributed by atoms with E-state index in [-0.39, 0.29) is 18.2 Å². The lowest BCUT2D eigenvalue weighted by molar-refractivity contribution is -0.135. The van der Waals surface area contributed by atoms with Gasteiger partial charge in [-0.25, -0.2) is 0 Å². The van der Waals surface area contributed by atoms with Crippen LogP contribution in [0.15, 0.2) is 0 Å². The maximum absolute atomic E-state index is 11.5. The molecule has 0 saturated carbocycles. The predicted octanol–water partition coefficient (Wildman–Crippen LogP) is 1.55. The summed E-state index contributed by atoms with van der Waals surface area (Å²) in [6.45, 7) is 2.93. The number of carbonyl (C=O) groups excluding carboxylic acids is 2. The van der Waals surface area contributed by atoms with Gasteiger partial charge in [-0.05, 0) is 6.42 Å². The minimum absolute atomic E-state index is 0.0397. The van der Waals surface area contributed by atoms with E-state index in [9.17, 15) is 9.59 Å². The van der Waals surface area contributed by atoms with Crippen molar-refractivity contribution >= 4 is 11.8 Å². The number of rotatable bonds is 8. The van der Waals surface area contributed by atoms with E-state index in [2.05, 4.69) is 12.2 Å². The molecule has 0 spiro atoms. The Kier molecular flexibility index (Phi) is 8.58. The van der Waals surface area contributed by atoms with Crippen molar-refractivity contribution in [3.05, 3.63) is 0 Å². The molecular weight excluding hydrogens is 204 g/mol. The number of nitrogens with zero attached hydrogens (tertiary/aromatic N) is 1. The van der Waals surface area contributed by atoms with Gasteiger partial charge in [0, 0.05) is 20.6 Å². The molecule has 0 rings (SSSR count). The summed E-state index contributed by atoms with van der Waals surface area (Å²) in [4.78, 5) is 24.1. The third kappa shape index (κ3) is 7.26. The molecule has 16 heavy (non-hydrogen) atoms. The molecule has 0 aromatic heterocycles. The molecule has 0 aromatic rings. The first-order valence-electron chi connectivity index (χ1n) is 6.06. The lowest BCUT2D eigenvalue weighted by Crippen LogP contribution is -2.32. The van der Waals surface area contributed by atoms with Gasteiger partial charge in [-0.3, -0.25) is 9.59 Å². The van der Waals surface area contributed by atoms with E-state index < -0.39 is 0 Å². The van der Waals surface area contributed by atoms with Crippen LogP contribution in [0.5, 0.6) is 0 Å². The summed E-state index contributed by atoms with van der Waals surface area (Å²) in [5, 5.41) is 2.45. The van der Waals surface area contributed by atoms with Crippen molar-refractivity contribution in [3.63, 3.8) is 0 Å². The largest absolute Gasteiger partial charge is 0.359 e. The predicted molar refractivity (Wildman–Crippen MR) is 65.1 cm³/mol. The number of amides is 2. The summed E-state index contributed by atoms with van der Waals surface area (Å²) in [5.74, 6) is -0.322. The van der Waals surface area contributed by atoms with Crippen molar-refractivity contribution in [2.75, 3.05) is 20.6 Å². The van der Waals surface area contributed by atoms with E-state index >= 15 is 0 Å². The van der Waals surface area contributed by atoms with Gasteiger partial charge in [-0.15, -0.1) is 0 Å². The van der Waals surface area contributed by atoms with Crippen LogP contribution in [0, 0.1) is 0 Å². The molecule has 1 N–H and O–H groups in total. The Hall–Kier alpha value is -1.06. The van der Waals surface area contributed by atoms with Gasteiger partial charge in [-0.1, -0.05) is 32.6 Å². The monoisotopic (exact) mass is 228 g/mol. The molecule has 2 amide bonds. The van der Waals surface area contributed by atoms with Gasteiger partial charge in [0.05, 0.1) is 0 Å². The zero-order valence-corrected chi connectivity index (χ0v) is 10.7. The van der Waals surface area contributed by atoms with Crippen molar-refractivity contribution in [2.24, 2.45) is 0 Å². The average Bonchev–Trinajstić information content (AvgIpc) is 2.28. The Morgan fingerprint density at radius 3 is 2.31 bits per heavy atom. The fourth-order valence-electron chi connectivity index (χ4n) is 1.44. The highest BCUT2D eigenvalue weighted by Gasteiger charge is 2.11. The van der Waals surface area contributed by atoms with Crippen LogP contribution < -0.4 is 5.32 Å². The summed E-state index contributed by atoms with van der Waals surface area (Å²) in [7, 11) is 3.30. The molecular formula is C12H24N2O2. The molecule has 0 aliphatic carbocycles. The van der Waals surface area contributed by atoms with Crippen molar-refractivity contribution in [1.82, 2.24) is 10.2 Å². The fraction of sp³-hybridized carbons (Fsp3) is 0.833.